The summed E-state index contributed by atoms with van der Waals surface area (Å²) < 4.78 is 18.4. The average molecular weight is 645 g/mol. The van der Waals surface area contributed by atoms with Crippen LogP contribution in [-0.2, 0) is 18.0 Å². The predicted molar refractivity (Wildman–Crippen MR) is 195 cm³/mol. The van der Waals surface area contributed by atoms with Crippen LogP contribution in [0.15, 0.2) is 103 Å². The Bertz CT molecular complexity index is 1760. The number of anilines is 1. The van der Waals surface area contributed by atoms with Gasteiger partial charge in [-0.2, -0.15) is 0 Å². The van der Waals surface area contributed by atoms with E-state index < -0.39 is 0 Å². The first-order valence-corrected chi connectivity index (χ1v) is 17.0. The second-order valence-corrected chi connectivity index (χ2v) is 14.2. The van der Waals surface area contributed by atoms with Gasteiger partial charge in [-0.05, 0) is 98.8 Å². The topological polar surface area (TPSA) is 68.7 Å². The first-order valence-electron chi connectivity index (χ1n) is 17.0. The molecule has 1 aliphatic heterocycles. The van der Waals surface area contributed by atoms with Crippen molar-refractivity contribution in [3.63, 3.8) is 0 Å². The van der Waals surface area contributed by atoms with Gasteiger partial charge in [0, 0.05) is 36.2 Å². The van der Waals surface area contributed by atoms with Gasteiger partial charge >= 0.3 is 0 Å². The number of hydrogen-bond acceptors (Lipinski definition) is 7. The van der Waals surface area contributed by atoms with E-state index in [0.717, 1.165) is 64.2 Å². The lowest BCUT2D eigenvalue weighted by Gasteiger charge is -2.49. The molecule has 2 heterocycles. The number of aromatic nitrogens is 2. The Balaban J connectivity index is 1.18. The van der Waals surface area contributed by atoms with Crippen molar-refractivity contribution in [3.05, 3.63) is 114 Å². The number of nitrogens with one attached hydrogen (secondary N) is 1. The Hall–Kier alpha value is -4.46. The van der Waals surface area contributed by atoms with Crippen LogP contribution in [0.4, 0.5) is 5.82 Å². The van der Waals surface area contributed by atoms with E-state index in [0.29, 0.717) is 32.5 Å². The third-order valence-corrected chi connectivity index (χ3v) is 8.96. The number of rotatable bonds is 13. The van der Waals surface area contributed by atoms with E-state index in [9.17, 15) is 0 Å². The van der Waals surface area contributed by atoms with E-state index in [1.165, 1.54) is 5.56 Å². The van der Waals surface area contributed by atoms with Gasteiger partial charge < -0.3 is 24.4 Å². The predicted octanol–water partition coefficient (Wildman–Crippen LogP) is 8.61. The number of ether oxygens (including phenoxy) is 3. The van der Waals surface area contributed by atoms with E-state index in [1.54, 1.807) is 0 Å². The lowest BCUT2D eigenvalue weighted by atomic mass is 9.79. The fourth-order valence-electron chi connectivity index (χ4n) is 6.90. The van der Waals surface area contributed by atoms with Crippen molar-refractivity contribution in [2.24, 2.45) is 0 Å². The molecule has 7 nitrogen and oxygen atoms in total. The fraction of sp³-hybridized carbons (Fsp3) is 0.366. The standard InChI is InChI=1S/C41H48N4O3/c1-40(2)26-34(27-41(3,4)44-40)45(5)39-20-19-37(42-43-39)36-24-32-17-18-35(47-22-12-21-46-28-30-13-8-6-9-14-30)23-33(32)25-38(36)48-29-31-15-10-7-11-16-31/h6-11,13-20,23-25,34,44H,12,21-22,26-29H2,1-5H3. The number of fused-ring (bicyclic) bond motifs is 1. The highest BCUT2D eigenvalue weighted by Crippen LogP contribution is 2.37. The van der Waals surface area contributed by atoms with Crippen LogP contribution >= 0.6 is 0 Å². The monoisotopic (exact) mass is 644 g/mol. The van der Waals surface area contributed by atoms with Gasteiger partial charge in [-0.25, -0.2) is 0 Å². The minimum absolute atomic E-state index is 0.0476. The van der Waals surface area contributed by atoms with Crippen molar-refractivity contribution in [2.75, 3.05) is 25.2 Å². The molecular formula is C41H48N4O3. The normalized spacial score (nSPS) is 15.7. The molecule has 0 bridgehead atoms. The molecule has 0 radical (unpaired) electrons. The molecule has 7 heteroatoms. The van der Waals surface area contributed by atoms with Crippen molar-refractivity contribution in [3.8, 4) is 22.8 Å². The Morgan fingerprint density at radius 3 is 2.06 bits per heavy atom. The van der Waals surface area contributed by atoms with Crippen LogP contribution in [-0.4, -0.2) is 47.6 Å². The van der Waals surface area contributed by atoms with Gasteiger partial charge in [-0.15, -0.1) is 10.2 Å². The maximum Gasteiger partial charge on any atom is 0.151 e. The molecule has 0 amide bonds. The van der Waals surface area contributed by atoms with Gasteiger partial charge in [0.25, 0.3) is 0 Å². The fourth-order valence-corrected chi connectivity index (χ4v) is 6.90. The van der Waals surface area contributed by atoms with Gasteiger partial charge in [0.15, 0.2) is 5.82 Å². The zero-order valence-corrected chi connectivity index (χ0v) is 28.9. The molecule has 250 valence electrons. The van der Waals surface area contributed by atoms with E-state index in [1.807, 2.05) is 42.5 Å². The summed E-state index contributed by atoms with van der Waals surface area (Å²) in [6.07, 6.45) is 2.88. The lowest BCUT2D eigenvalue weighted by molar-refractivity contribution is 0.107. The van der Waals surface area contributed by atoms with Crippen molar-refractivity contribution in [1.82, 2.24) is 15.5 Å². The van der Waals surface area contributed by atoms with Crippen LogP contribution in [0.2, 0.25) is 0 Å². The number of benzene rings is 4. The summed E-state index contributed by atoms with van der Waals surface area (Å²) in [5, 5.41) is 15.4. The zero-order chi connectivity index (χ0) is 33.6. The molecule has 0 atom stereocenters. The summed E-state index contributed by atoms with van der Waals surface area (Å²) in [6.45, 7) is 11.4. The molecule has 4 aromatic carbocycles. The van der Waals surface area contributed by atoms with Gasteiger partial charge in [-0.3, -0.25) is 0 Å². The first kappa shape index (κ1) is 33.4. The molecule has 1 aromatic heterocycles. The van der Waals surface area contributed by atoms with E-state index >= 15 is 0 Å². The van der Waals surface area contributed by atoms with Gasteiger partial charge in [0.05, 0.1) is 25.5 Å². The molecule has 0 aliphatic carbocycles. The smallest absolute Gasteiger partial charge is 0.151 e. The zero-order valence-electron chi connectivity index (χ0n) is 28.9. The molecule has 0 saturated carbocycles. The number of nitrogens with zero attached hydrogens (tertiary/aromatic N) is 3. The third kappa shape index (κ3) is 8.71. The van der Waals surface area contributed by atoms with Gasteiger partial charge in [0.2, 0.25) is 0 Å². The van der Waals surface area contributed by atoms with E-state index in [2.05, 4.69) is 106 Å². The molecular weight excluding hydrogens is 596 g/mol. The first-order chi connectivity index (χ1) is 23.1. The molecule has 1 N–H and O–H groups in total. The second-order valence-electron chi connectivity index (χ2n) is 14.2. The summed E-state index contributed by atoms with van der Waals surface area (Å²) in [7, 11) is 2.13. The number of hydrogen-bond donors (Lipinski definition) is 1. The van der Waals surface area contributed by atoms with Crippen LogP contribution in [0, 0.1) is 0 Å². The van der Waals surface area contributed by atoms with E-state index in [4.69, 9.17) is 24.4 Å². The molecule has 0 spiro atoms. The molecule has 1 saturated heterocycles. The molecule has 0 unspecified atom stereocenters. The van der Waals surface area contributed by atoms with Crippen LogP contribution in [0.3, 0.4) is 0 Å². The number of piperidine rings is 1. The van der Waals surface area contributed by atoms with Crippen LogP contribution in [0.1, 0.15) is 58.1 Å². The Kier molecular flexibility index (Phi) is 10.3. The minimum Gasteiger partial charge on any atom is -0.493 e. The quantitative estimate of drug-likeness (QED) is 0.129. The molecule has 1 fully saturated rings. The highest BCUT2D eigenvalue weighted by atomic mass is 16.5. The van der Waals surface area contributed by atoms with Gasteiger partial charge in [-0.1, -0.05) is 66.7 Å². The maximum absolute atomic E-state index is 6.46. The van der Waals surface area contributed by atoms with Gasteiger partial charge in [0.1, 0.15) is 18.1 Å². The third-order valence-electron chi connectivity index (χ3n) is 8.96. The Labute approximate surface area is 285 Å². The summed E-state index contributed by atoms with van der Waals surface area (Å²) in [6, 6.07) is 35.4. The van der Waals surface area contributed by atoms with Crippen molar-refractivity contribution >= 4 is 16.6 Å². The SMILES string of the molecule is CN(c1ccc(-c2cc3ccc(OCCCOCc4ccccc4)cc3cc2OCc2ccccc2)nn1)C1CC(C)(C)NC(C)(C)C1. The second kappa shape index (κ2) is 14.8. The van der Waals surface area contributed by atoms with Crippen molar-refractivity contribution in [1.29, 1.82) is 0 Å². The highest BCUT2D eigenvalue weighted by molar-refractivity contribution is 5.91. The van der Waals surface area contributed by atoms with Crippen LogP contribution in [0.25, 0.3) is 22.0 Å². The highest BCUT2D eigenvalue weighted by Gasteiger charge is 2.39. The molecule has 1 aliphatic rings. The van der Waals surface area contributed by atoms with Crippen molar-refractivity contribution in [2.45, 2.75) is 77.3 Å². The van der Waals surface area contributed by atoms with E-state index in [-0.39, 0.29) is 11.1 Å². The molecule has 6 rings (SSSR count). The Morgan fingerprint density at radius 1 is 0.708 bits per heavy atom. The average Bonchev–Trinajstić information content (AvgIpc) is 3.07. The van der Waals surface area contributed by atoms with Crippen molar-refractivity contribution < 1.29 is 14.2 Å². The molecule has 5 aromatic rings. The summed E-state index contributed by atoms with van der Waals surface area (Å²) in [4.78, 5) is 2.28. The maximum atomic E-state index is 6.46. The summed E-state index contributed by atoms with van der Waals surface area (Å²) in [5.41, 5.74) is 4.06. The minimum atomic E-state index is 0.0476. The summed E-state index contributed by atoms with van der Waals surface area (Å²) in [5.74, 6) is 2.45. The van der Waals surface area contributed by atoms with Crippen LogP contribution in [0.5, 0.6) is 11.5 Å². The Morgan fingerprint density at radius 2 is 1.40 bits per heavy atom. The summed E-state index contributed by atoms with van der Waals surface area (Å²) >= 11 is 0. The largest absolute Gasteiger partial charge is 0.493 e. The lowest BCUT2D eigenvalue weighted by Crippen LogP contribution is -2.62. The molecule has 48 heavy (non-hydrogen) atoms. The van der Waals surface area contributed by atoms with Crippen LogP contribution < -0.4 is 19.7 Å².